The molecule has 0 heterocycles. The number of hydrogen-bond acceptors (Lipinski definition) is 3. The highest BCUT2D eigenvalue weighted by atomic mass is 16.2. The van der Waals surface area contributed by atoms with Crippen LogP contribution in [-0.4, -0.2) is 49.4 Å². The predicted molar refractivity (Wildman–Crippen MR) is 73.3 cm³/mol. The van der Waals surface area contributed by atoms with Crippen LogP contribution in [0.15, 0.2) is 0 Å². The highest BCUT2D eigenvalue weighted by Crippen LogP contribution is 1.89. The van der Waals surface area contributed by atoms with Gasteiger partial charge in [-0.2, -0.15) is 0 Å². The van der Waals surface area contributed by atoms with Gasteiger partial charge in [-0.15, -0.1) is 0 Å². The normalized spacial score (nSPS) is 10.5. The van der Waals surface area contributed by atoms with Gasteiger partial charge in [-0.05, 0) is 19.8 Å². The molecule has 0 fully saturated rings. The quantitative estimate of drug-likeness (QED) is 0.595. The van der Waals surface area contributed by atoms with Crippen molar-refractivity contribution >= 4 is 11.8 Å². The van der Waals surface area contributed by atoms with Gasteiger partial charge in [-0.1, -0.05) is 13.8 Å². The molecular formula is C13H27N3O2. The molecule has 0 rings (SSSR count). The number of nitrogens with one attached hydrogen (secondary N) is 2. The maximum atomic E-state index is 11.6. The maximum Gasteiger partial charge on any atom is 0.236 e. The summed E-state index contributed by atoms with van der Waals surface area (Å²) in [4.78, 5) is 24.8. The van der Waals surface area contributed by atoms with Crippen LogP contribution in [0.2, 0.25) is 0 Å². The van der Waals surface area contributed by atoms with Crippen LogP contribution >= 0.6 is 0 Å². The molecule has 0 aromatic heterocycles. The number of nitrogens with zero attached hydrogens (tertiary/aromatic N) is 1. The van der Waals surface area contributed by atoms with E-state index in [1.807, 2.05) is 13.8 Å². The second-order valence-electron chi connectivity index (χ2n) is 4.69. The van der Waals surface area contributed by atoms with Crippen LogP contribution in [0, 0.1) is 5.92 Å². The number of amides is 2. The van der Waals surface area contributed by atoms with Crippen molar-refractivity contribution in [3.05, 3.63) is 0 Å². The monoisotopic (exact) mass is 257 g/mol. The van der Waals surface area contributed by atoms with Crippen molar-refractivity contribution in [1.82, 2.24) is 15.5 Å². The molecule has 5 nitrogen and oxygen atoms in total. The minimum Gasteiger partial charge on any atom is -0.356 e. The highest BCUT2D eigenvalue weighted by Gasteiger charge is 2.08. The first-order valence-corrected chi connectivity index (χ1v) is 6.76. The van der Waals surface area contributed by atoms with E-state index in [9.17, 15) is 9.59 Å². The van der Waals surface area contributed by atoms with Gasteiger partial charge in [0.2, 0.25) is 11.8 Å². The third kappa shape index (κ3) is 8.06. The molecule has 0 atom stereocenters. The molecule has 0 spiro atoms. The molecule has 18 heavy (non-hydrogen) atoms. The fraction of sp³-hybridized carbons (Fsp3) is 0.846. The van der Waals surface area contributed by atoms with Gasteiger partial charge in [-0.3, -0.25) is 9.59 Å². The minimum absolute atomic E-state index is 0.0338. The molecular weight excluding hydrogens is 230 g/mol. The standard InChI is InChI=1S/C13H27N3O2/c1-5-16(6-2)13(18)10-14-8-7-12(17)15-9-11(3)4/h11,14H,5-10H2,1-4H3,(H,15,17). The predicted octanol–water partition coefficient (Wildman–Crippen LogP) is 0.607. The van der Waals surface area contributed by atoms with E-state index >= 15 is 0 Å². The first kappa shape index (κ1) is 16.9. The number of carbonyl (C=O) groups is 2. The fourth-order valence-corrected chi connectivity index (χ4v) is 1.49. The van der Waals surface area contributed by atoms with Crippen LogP contribution in [0.3, 0.4) is 0 Å². The molecule has 0 aromatic rings. The lowest BCUT2D eigenvalue weighted by Gasteiger charge is -2.18. The molecule has 0 aliphatic rings. The summed E-state index contributed by atoms with van der Waals surface area (Å²) < 4.78 is 0. The van der Waals surface area contributed by atoms with Crippen molar-refractivity contribution in [1.29, 1.82) is 0 Å². The van der Waals surface area contributed by atoms with Crippen molar-refractivity contribution in [2.45, 2.75) is 34.1 Å². The van der Waals surface area contributed by atoms with E-state index in [0.29, 0.717) is 32.0 Å². The summed E-state index contributed by atoms with van der Waals surface area (Å²) in [6, 6.07) is 0. The average Bonchev–Trinajstić information content (AvgIpc) is 2.33. The molecule has 0 aliphatic carbocycles. The molecule has 0 aliphatic heterocycles. The zero-order valence-corrected chi connectivity index (χ0v) is 12.1. The summed E-state index contributed by atoms with van der Waals surface area (Å²) in [5.74, 6) is 0.584. The third-order valence-corrected chi connectivity index (χ3v) is 2.63. The maximum absolute atomic E-state index is 11.6. The molecule has 0 saturated heterocycles. The Balaban J connectivity index is 3.61. The number of likely N-dealkylation sites (N-methyl/N-ethyl adjacent to an activating group) is 1. The van der Waals surface area contributed by atoms with Crippen LogP contribution in [0.1, 0.15) is 34.1 Å². The lowest BCUT2D eigenvalue weighted by molar-refractivity contribution is -0.130. The smallest absolute Gasteiger partial charge is 0.236 e. The first-order valence-electron chi connectivity index (χ1n) is 6.76. The van der Waals surface area contributed by atoms with E-state index in [4.69, 9.17) is 0 Å². The topological polar surface area (TPSA) is 61.4 Å². The fourth-order valence-electron chi connectivity index (χ4n) is 1.49. The lowest BCUT2D eigenvalue weighted by atomic mass is 10.2. The summed E-state index contributed by atoms with van der Waals surface area (Å²) in [5.41, 5.74) is 0. The van der Waals surface area contributed by atoms with Crippen molar-refractivity contribution < 1.29 is 9.59 Å². The van der Waals surface area contributed by atoms with E-state index in [0.717, 1.165) is 13.1 Å². The third-order valence-electron chi connectivity index (χ3n) is 2.63. The largest absolute Gasteiger partial charge is 0.356 e. The van der Waals surface area contributed by atoms with Gasteiger partial charge < -0.3 is 15.5 Å². The van der Waals surface area contributed by atoms with E-state index < -0.39 is 0 Å². The zero-order chi connectivity index (χ0) is 14.0. The van der Waals surface area contributed by atoms with Crippen LogP contribution in [0.4, 0.5) is 0 Å². The van der Waals surface area contributed by atoms with Crippen molar-refractivity contribution in [3.63, 3.8) is 0 Å². The number of rotatable bonds is 9. The van der Waals surface area contributed by atoms with Crippen molar-refractivity contribution in [2.75, 3.05) is 32.7 Å². The summed E-state index contributed by atoms with van der Waals surface area (Å²) in [6.07, 6.45) is 0.415. The molecule has 0 saturated carbocycles. The van der Waals surface area contributed by atoms with Gasteiger partial charge >= 0.3 is 0 Å². The van der Waals surface area contributed by atoms with Gasteiger partial charge in [0.15, 0.2) is 0 Å². The lowest BCUT2D eigenvalue weighted by Crippen LogP contribution is -2.39. The second kappa shape index (κ2) is 9.88. The van der Waals surface area contributed by atoms with Crippen molar-refractivity contribution in [2.24, 2.45) is 5.92 Å². The molecule has 0 unspecified atom stereocenters. The van der Waals surface area contributed by atoms with Gasteiger partial charge in [-0.25, -0.2) is 0 Å². The summed E-state index contributed by atoms with van der Waals surface area (Å²) >= 11 is 0. The second-order valence-corrected chi connectivity index (χ2v) is 4.69. The Labute approximate surface area is 110 Å². The molecule has 0 aromatic carbocycles. The van der Waals surface area contributed by atoms with E-state index in [-0.39, 0.29) is 11.8 Å². The van der Waals surface area contributed by atoms with Gasteiger partial charge in [0.05, 0.1) is 6.54 Å². The van der Waals surface area contributed by atoms with E-state index in [1.165, 1.54) is 0 Å². The van der Waals surface area contributed by atoms with Crippen LogP contribution in [-0.2, 0) is 9.59 Å². The van der Waals surface area contributed by atoms with Crippen molar-refractivity contribution in [3.8, 4) is 0 Å². The molecule has 0 bridgehead atoms. The molecule has 106 valence electrons. The summed E-state index contributed by atoms with van der Waals surface area (Å²) in [5, 5.41) is 5.84. The Morgan fingerprint density at radius 2 is 1.78 bits per heavy atom. The van der Waals surface area contributed by atoms with Gasteiger partial charge in [0, 0.05) is 32.6 Å². The van der Waals surface area contributed by atoms with E-state index in [2.05, 4.69) is 24.5 Å². The molecule has 2 N–H and O–H groups in total. The van der Waals surface area contributed by atoms with Crippen LogP contribution in [0.5, 0.6) is 0 Å². The SMILES string of the molecule is CCN(CC)C(=O)CNCCC(=O)NCC(C)C. The van der Waals surface area contributed by atoms with Gasteiger partial charge in [0.1, 0.15) is 0 Å². The summed E-state index contributed by atoms with van der Waals surface area (Å²) in [7, 11) is 0. The average molecular weight is 257 g/mol. The number of carbonyl (C=O) groups excluding carboxylic acids is 2. The van der Waals surface area contributed by atoms with Crippen LogP contribution < -0.4 is 10.6 Å². The molecule has 5 heteroatoms. The number of hydrogen-bond donors (Lipinski definition) is 2. The molecule has 2 amide bonds. The van der Waals surface area contributed by atoms with Crippen LogP contribution in [0.25, 0.3) is 0 Å². The Morgan fingerprint density at radius 3 is 2.28 bits per heavy atom. The molecule has 0 radical (unpaired) electrons. The highest BCUT2D eigenvalue weighted by molar-refractivity contribution is 5.78. The van der Waals surface area contributed by atoms with E-state index in [1.54, 1.807) is 4.90 Å². The Bertz CT molecular complexity index is 251. The zero-order valence-electron chi connectivity index (χ0n) is 12.1. The van der Waals surface area contributed by atoms with Gasteiger partial charge in [0.25, 0.3) is 0 Å². The first-order chi connectivity index (χ1) is 8.51. The summed E-state index contributed by atoms with van der Waals surface area (Å²) in [6.45, 7) is 11.0. The Kier molecular flexibility index (Phi) is 9.28. The Hall–Kier alpha value is -1.10. The Morgan fingerprint density at radius 1 is 1.17 bits per heavy atom. The minimum atomic E-state index is 0.0338.